The van der Waals surface area contributed by atoms with E-state index in [0.717, 1.165) is 37.6 Å². The Balaban J connectivity index is 2.69. The van der Waals surface area contributed by atoms with Gasteiger partial charge in [0.1, 0.15) is 0 Å². The van der Waals surface area contributed by atoms with Crippen molar-refractivity contribution in [3.8, 4) is 11.5 Å². The summed E-state index contributed by atoms with van der Waals surface area (Å²) in [7, 11) is 0. The standard InChI is InChI=1S/C32H60O2S/c1-9-11-13-15-17-19-21-23-25-33-27-28(34-26-24-22-20-18-16-14-12-10-2)30(32(6,7)8)35-29(27)31(3,4)5/h9-26H2,1-8H3. The van der Waals surface area contributed by atoms with Crippen LogP contribution in [0.1, 0.15) is 168 Å². The van der Waals surface area contributed by atoms with E-state index in [1.54, 1.807) is 0 Å². The number of thiophene rings is 1. The average molecular weight is 509 g/mol. The molecule has 35 heavy (non-hydrogen) atoms. The molecule has 0 unspecified atom stereocenters. The highest BCUT2D eigenvalue weighted by Crippen LogP contribution is 2.51. The van der Waals surface area contributed by atoms with E-state index >= 15 is 0 Å². The molecule has 1 aromatic heterocycles. The highest BCUT2D eigenvalue weighted by atomic mass is 32.1. The minimum Gasteiger partial charge on any atom is -0.488 e. The molecule has 2 nitrogen and oxygen atoms in total. The van der Waals surface area contributed by atoms with Crippen molar-refractivity contribution in [3.63, 3.8) is 0 Å². The summed E-state index contributed by atoms with van der Waals surface area (Å²) in [6, 6.07) is 0. The largest absolute Gasteiger partial charge is 0.488 e. The zero-order valence-corrected chi connectivity index (χ0v) is 25.8. The quantitative estimate of drug-likeness (QED) is 0.163. The highest BCUT2D eigenvalue weighted by molar-refractivity contribution is 7.13. The fraction of sp³-hybridized carbons (Fsp3) is 0.875. The fourth-order valence-corrected chi connectivity index (χ4v) is 5.78. The van der Waals surface area contributed by atoms with Crippen molar-refractivity contribution in [2.45, 2.75) is 169 Å². The van der Waals surface area contributed by atoms with Gasteiger partial charge in [-0.15, -0.1) is 11.3 Å². The van der Waals surface area contributed by atoms with Crippen molar-refractivity contribution in [1.82, 2.24) is 0 Å². The SMILES string of the molecule is CCCCCCCCCCOc1c(C(C)(C)C)sc(C(C)(C)C)c1OCCCCCCCCCC. The monoisotopic (exact) mass is 508 g/mol. The molecule has 0 N–H and O–H groups in total. The van der Waals surface area contributed by atoms with Crippen LogP contribution >= 0.6 is 11.3 Å². The van der Waals surface area contributed by atoms with Gasteiger partial charge in [-0.25, -0.2) is 0 Å². The van der Waals surface area contributed by atoms with E-state index in [1.807, 2.05) is 11.3 Å². The van der Waals surface area contributed by atoms with E-state index in [0.29, 0.717) is 0 Å². The van der Waals surface area contributed by atoms with Gasteiger partial charge >= 0.3 is 0 Å². The molecule has 1 heterocycles. The summed E-state index contributed by atoms with van der Waals surface area (Å²) in [5.41, 5.74) is 0.110. The summed E-state index contributed by atoms with van der Waals surface area (Å²) in [6.07, 6.45) is 21.2. The maximum absolute atomic E-state index is 6.53. The lowest BCUT2D eigenvalue weighted by Crippen LogP contribution is -2.12. The van der Waals surface area contributed by atoms with Gasteiger partial charge in [-0.3, -0.25) is 0 Å². The summed E-state index contributed by atoms with van der Waals surface area (Å²) < 4.78 is 13.1. The van der Waals surface area contributed by atoms with Gasteiger partial charge in [-0.1, -0.05) is 145 Å². The second kappa shape index (κ2) is 17.7. The zero-order chi connectivity index (χ0) is 26.2. The van der Waals surface area contributed by atoms with Crippen LogP contribution in [-0.2, 0) is 10.8 Å². The van der Waals surface area contributed by atoms with Gasteiger partial charge in [-0.2, -0.15) is 0 Å². The molecular weight excluding hydrogens is 448 g/mol. The first-order valence-electron chi connectivity index (χ1n) is 15.1. The first-order valence-corrected chi connectivity index (χ1v) is 15.9. The van der Waals surface area contributed by atoms with Crippen LogP contribution in [0.25, 0.3) is 0 Å². The summed E-state index contributed by atoms with van der Waals surface area (Å²) in [5, 5.41) is 0. The van der Waals surface area contributed by atoms with Crippen LogP contribution in [0.5, 0.6) is 11.5 Å². The normalized spacial score (nSPS) is 12.3. The molecule has 0 atom stereocenters. The van der Waals surface area contributed by atoms with E-state index in [1.165, 1.54) is 99.6 Å². The first-order chi connectivity index (χ1) is 16.6. The summed E-state index contributed by atoms with van der Waals surface area (Å²) in [6.45, 7) is 20.0. The maximum Gasteiger partial charge on any atom is 0.175 e. The predicted molar refractivity (Wildman–Crippen MR) is 158 cm³/mol. The molecule has 0 bridgehead atoms. The third-order valence-electron chi connectivity index (χ3n) is 6.67. The van der Waals surface area contributed by atoms with Crippen molar-refractivity contribution in [2.75, 3.05) is 13.2 Å². The fourth-order valence-electron chi connectivity index (χ4n) is 4.47. The van der Waals surface area contributed by atoms with Gasteiger partial charge in [0.2, 0.25) is 0 Å². The van der Waals surface area contributed by atoms with Crippen molar-refractivity contribution in [1.29, 1.82) is 0 Å². The predicted octanol–water partition coefficient (Wildman–Crippen LogP) is 11.4. The van der Waals surface area contributed by atoms with Gasteiger partial charge in [-0.05, 0) is 12.8 Å². The number of hydrogen-bond donors (Lipinski definition) is 0. The second-order valence-corrected chi connectivity index (χ2v) is 13.6. The Hall–Kier alpha value is -0.700. The van der Waals surface area contributed by atoms with Crippen LogP contribution < -0.4 is 9.47 Å². The Morgan fingerprint density at radius 2 is 0.743 bits per heavy atom. The molecule has 0 aliphatic carbocycles. The van der Waals surface area contributed by atoms with Crippen molar-refractivity contribution >= 4 is 11.3 Å². The Kier molecular flexibility index (Phi) is 16.4. The van der Waals surface area contributed by atoms with Gasteiger partial charge < -0.3 is 9.47 Å². The van der Waals surface area contributed by atoms with Gasteiger partial charge in [0, 0.05) is 10.8 Å². The van der Waals surface area contributed by atoms with Crippen LogP contribution in [0.2, 0.25) is 0 Å². The van der Waals surface area contributed by atoms with E-state index in [4.69, 9.17) is 9.47 Å². The topological polar surface area (TPSA) is 18.5 Å². The van der Waals surface area contributed by atoms with Crippen molar-refractivity contribution in [2.24, 2.45) is 0 Å². The highest BCUT2D eigenvalue weighted by Gasteiger charge is 2.33. The summed E-state index contributed by atoms with van der Waals surface area (Å²) in [4.78, 5) is 2.68. The smallest absolute Gasteiger partial charge is 0.175 e. The zero-order valence-electron chi connectivity index (χ0n) is 25.0. The maximum atomic E-state index is 6.53. The molecule has 1 aromatic rings. The van der Waals surface area contributed by atoms with Crippen LogP contribution in [0.15, 0.2) is 0 Å². The molecule has 0 spiro atoms. The molecular formula is C32H60O2S. The van der Waals surface area contributed by atoms with Crippen molar-refractivity contribution in [3.05, 3.63) is 9.75 Å². The molecule has 0 saturated carbocycles. The number of unbranched alkanes of at least 4 members (excludes halogenated alkanes) is 14. The van der Waals surface area contributed by atoms with E-state index in [-0.39, 0.29) is 10.8 Å². The average Bonchev–Trinajstić information content (AvgIpc) is 3.16. The summed E-state index contributed by atoms with van der Waals surface area (Å²) in [5.74, 6) is 2.07. The third-order valence-corrected chi connectivity index (χ3v) is 8.68. The lowest BCUT2D eigenvalue weighted by Gasteiger charge is -2.20. The molecule has 1 rings (SSSR count). The van der Waals surface area contributed by atoms with Crippen LogP contribution in [-0.4, -0.2) is 13.2 Å². The minimum atomic E-state index is 0.0549. The Morgan fingerprint density at radius 1 is 0.457 bits per heavy atom. The lowest BCUT2D eigenvalue weighted by molar-refractivity contribution is 0.252. The molecule has 0 amide bonds. The molecule has 0 fully saturated rings. The molecule has 0 saturated heterocycles. The van der Waals surface area contributed by atoms with Crippen LogP contribution in [0.3, 0.4) is 0 Å². The minimum absolute atomic E-state index is 0.0549. The third kappa shape index (κ3) is 13.4. The second-order valence-electron chi connectivity index (χ2n) is 12.6. The van der Waals surface area contributed by atoms with Crippen molar-refractivity contribution < 1.29 is 9.47 Å². The summed E-state index contributed by atoms with van der Waals surface area (Å²) >= 11 is 1.91. The van der Waals surface area contributed by atoms with E-state index < -0.39 is 0 Å². The van der Waals surface area contributed by atoms with E-state index in [2.05, 4.69) is 55.4 Å². The van der Waals surface area contributed by atoms with Crippen LogP contribution in [0.4, 0.5) is 0 Å². The molecule has 0 aliphatic rings. The molecule has 0 aromatic carbocycles. The molecule has 3 heteroatoms. The van der Waals surface area contributed by atoms with Gasteiger partial charge in [0.05, 0.1) is 23.0 Å². The molecule has 0 aliphatic heterocycles. The Bertz CT molecular complexity index is 593. The van der Waals surface area contributed by atoms with E-state index in [9.17, 15) is 0 Å². The lowest BCUT2D eigenvalue weighted by atomic mass is 9.91. The first kappa shape index (κ1) is 32.3. The van der Waals surface area contributed by atoms with Crippen LogP contribution in [0, 0.1) is 0 Å². The number of hydrogen-bond acceptors (Lipinski definition) is 3. The molecule has 206 valence electrons. The van der Waals surface area contributed by atoms with Gasteiger partial charge in [0.25, 0.3) is 0 Å². The molecule has 0 radical (unpaired) electrons. The Morgan fingerprint density at radius 3 is 1.03 bits per heavy atom. The Labute approximate surface area is 224 Å². The number of ether oxygens (including phenoxy) is 2. The number of rotatable bonds is 20. The van der Waals surface area contributed by atoms with Gasteiger partial charge in [0.15, 0.2) is 11.5 Å².